The van der Waals surface area contributed by atoms with Crippen LogP contribution in [0.5, 0.6) is 11.8 Å². The Bertz CT molecular complexity index is 329. The van der Waals surface area contributed by atoms with Gasteiger partial charge in [0.1, 0.15) is 12.9 Å². The monoisotopic (exact) mass is 225 g/mol. The highest BCUT2D eigenvalue weighted by molar-refractivity contribution is 5.32. The standard InChI is InChI=1S/C11H19N3O2/c1-8(2)12-5-6-16-11-9(3)10(15-4)13-7-14-11/h7-8,12H,5-6H2,1-4H3. The molecule has 1 aromatic heterocycles. The minimum absolute atomic E-state index is 0.463. The zero-order chi connectivity index (χ0) is 12.0. The molecule has 0 bridgehead atoms. The maximum absolute atomic E-state index is 5.54. The lowest BCUT2D eigenvalue weighted by molar-refractivity contribution is 0.290. The molecule has 1 rings (SSSR count). The van der Waals surface area contributed by atoms with Crippen molar-refractivity contribution in [2.45, 2.75) is 26.8 Å². The fourth-order valence-corrected chi connectivity index (χ4v) is 1.27. The van der Waals surface area contributed by atoms with Crippen molar-refractivity contribution in [1.82, 2.24) is 15.3 Å². The number of hydrogen-bond donors (Lipinski definition) is 1. The first-order valence-electron chi connectivity index (χ1n) is 5.37. The second kappa shape index (κ2) is 6.27. The molecule has 0 radical (unpaired) electrons. The molecule has 16 heavy (non-hydrogen) atoms. The Hall–Kier alpha value is -1.36. The van der Waals surface area contributed by atoms with Gasteiger partial charge in [0.25, 0.3) is 0 Å². The zero-order valence-electron chi connectivity index (χ0n) is 10.3. The lowest BCUT2D eigenvalue weighted by atomic mass is 10.3. The van der Waals surface area contributed by atoms with Crippen LogP contribution in [0.25, 0.3) is 0 Å². The SMILES string of the molecule is COc1ncnc(OCCNC(C)C)c1C. The van der Waals surface area contributed by atoms with Crippen LogP contribution in [0.2, 0.25) is 0 Å². The highest BCUT2D eigenvalue weighted by atomic mass is 16.5. The van der Waals surface area contributed by atoms with E-state index in [0.717, 1.165) is 12.1 Å². The Morgan fingerprint density at radius 2 is 2.00 bits per heavy atom. The summed E-state index contributed by atoms with van der Waals surface area (Å²) in [6, 6.07) is 0.463. The van der Waals surface area contributed by atoms with E-state index in [1.165, 1.54) is 6.33 Å². The van der Waals surface area contributed by atoms with Crippen LogP contribution in [0.15, 0.2) is 6.33 Å². The van der Waals surface area contributed by atoms with Gasteiger partial charge in [-0.15, -0.1) is 0 Å². The number of methoxy groups -OCH3 is 1. The molecule has 0 unspecified atom stereocenters. The van der Waals surface area contributed by atoms with Crippen molar-refractivity contribution in [1.29, 1.82) is 0 Å². The summed E-state index contributed by atoms with van der Waals surface area (Å²) in [5.74, 6) is 1.14. The Balaban J connectivity index is 2.47. The number of nitrogens with zero attached hydrogens (tertiary/aromatic N) is 2. The van der Waals surface area contributed by atoms with Crippen molar-refractivity contribution < 1.29 is 9.47 Å². The van der Waals surface area contributed by atoms with Gasteiger partial charge in [0.15, 0.2) is 0 Å². The molecule has 1 N–H and O–H groups in total. The molecule has 0 aliphatic rings. The van der Waals surface area contributed by atoms with Gasteiger partial charge in [-0.1, -0.05) is 13.8 Å². The molecule has 90 valence electrons. The number of nitrogens with one attached hydrogen (secondary N) is 1. The van der Waals surface area contributed by atoms with Gasteiger partial charge >= 0.3 is 0 Å². The van der Waals surface area contributed by atoms with Crippen molar-refractivity contribution in [3.8, 4) is 11.8 Å². The lowest BCUT2D eigenvalue weighted by Crippen LogP contribution is -2.27. The lowest BCUT2D eigenvalue weighted by Gasteiger charge is -2.11. The number of ether oxygens (including phenoxy) is 2. The molecule has 0 aliphatic carbocycles. The van der Waals surface area contributed by atoms with Gasteiger partial charge < -0.3 is 14.8 Å². The van der Waals surface area contributed by atoms with E-state index in [1.807, 2.05) is 6.92 Å². The smallest absolute Gasteiger partial charge is 0.223 e. The van der Waals surface area contributed by atoms with Gasteiger partial charge in [-0.05, 0) is 6.92 Å². The highest BCUT2D eigenvalue weighted by Gasteiger charge is 2.07. The fourth-order valence-electron chi connectivity index (χ4n) is 1.27. The van der Waals surface area contributed by atoms with Crippen molar-refractivity contribution in [2.24, 2.45) is 0 Å². The first-order valence-corrected chi connectivity index (χ1v) is 5.37. The van der Waals surface area contributed by atoms with Gasteiger partial charge in [-0.25, -0.2) is 9.97 Å². The summed E-state index contributed by atoms with van der Waals surface area (Å²) in [6.07, 6.45) is 1.44. The molecule has 0 fully saturated rings. The molecule has 0 spiro atoms. The van der Waals surface area contributed by atoms with Crippen LogP contribution >= 0.6 is 0 Å². The number of hydrogen-bond acceptors (Lipinski definition) is 5. The van der Waals surface area contributed by atoms with E-state index in [2.05, 4.69) is 29.1 Å². The van der Waals surface area contributed by atoms with E-state index in [9.17, 15) is 0 Å². The van der Waals surface area contributed by atoms with Crippen molar-refractivity contribution in [3.05, 3.63) is 11.9 Å². The Kier molecular flexibility index (Phi) is 4.98. The Morgan fingerprint density at radius 1 is 1.31 bits per heavy atom. The molecule has 0 aromatic carbocycles. The second-order valence-electron chi connectivity index (χ2n) is 3.77. The molecule has 0 saturated carbocycles. The summed E-state index contributed by atoms with van der Waals surface area (Å²) in [7, 11) is 1.58. The summed E-state index contributed by atoms with van der Waals surface area (Å²) in [5, 5.41) is 3.26. The summed E-state index contributed by atoms with van der Waals surface area (Å²) in [4.78, 5) is 8.05. The van der Waals surface area contributed by atoms with Crippen LogP contribution in [0, 0.1) is 6.92 Å². The average Bonchev–Trinajstić information content (AvgIpc) is 2.26. The number of rotatable bonds is 6. The van der Waals surface area contributed by atoms with E-state index in [1.54, 1.807) is 7.11 Å². The zero-order valence-corrected chi connectivity index (χ0v) is 10.3. The second-order valence-corrected chi connectivity index (χ2v) is 3.77. The average molecular weight is 225 g/mol. The van der Waals surface area contributed by atoms with Crippen molar-refractivity contribution in [2.75, 3.05) is 20.3 Å². The largest absolute Gasteiger partial charge is 0.481 e. The van der Waals surface area contributed by atoms with Crippen LogP contribution in [0.1, 0.15) is 19.4 Å². The molecule has 5 heteroatoms. The van der Waals surface area contributed by atoms with Crippen LogP contribution in [0.4, 0.5) is 0 Å². The van der Waals surface area contributed by atoms with Gasteiger partial charge in [0, 0.05) is 12.6 Å². The third kappa shape index (κ3) is 3.66. The molecule has 0 atom stereocenters. The van der Waals surface area contributed by atoms with Gasteiger partial charge in [0.2, 0.25) is 11.8 Å². The first kappa shape index (κ1) is 12.7. The third-order valence-corrected chi connectivity index (χ3v) is 2.08. The van der Waals surface area contributed by atoms with Crippen molar-refractivity contribution >= 4 is 0 Å². The quantitative estimate of drug-likeness (QED) is 0.736. The topological polar surface area (TPSA) is 56.3 Å². The summed E-state index contributed by atoms with van der Waals surface area (Å²) < 4.78 is 10.6. The van der Waals surface area contributed by atoms with Crippen LogP contribution < -0.4 is 14.8 Å². The maximum atomic E-state index is 5.54. The summed E-state index contributed by atoms with van der Waals surface area (Å²) in [5.41, 5.74) is 0.828. The summed E-state index contributed by atoms with van der Waals surface area (Å²) in [6.45, 7) is 7.45. The minimum Gasteiger partial charge on any atom is -0.481 e. The molecular weight excluding hydrogens is 206 g/mol. The Labute approximate surface area is 96.2 Å². The third-order valence-electron chi connectivity index (χ3n) is 2.08. The van der Waals surface area contributed by atoms with Crippen LogP contribution in [0.3, 0.4) is 0 Å². The molecule has 1 heterocycles. The predicted molar refractivity (Wildman–Crippen MR) is 62.0 cm³/mol. The minimum atomic E-state index is 0.463. The predicted octanol–water partition coefficient (Wildman–Crippen LogP) is 1.17. The molecule has 1 aromatic rings. The van der Waals surface area contributed by atoms with Crippen LogP contribution in [-0.4, -0.2) is 36.3 Å². The number of aromatic nitrogens is 2. The van der Waals surface area contributed by atoms with E-state index >= 15 is 0 Å². The van der Waals surface area contributed by atoms with Crippen LogP contribution in [-0.2, 0) is 0 Å². The maximum Gasteiger partial charge on any atom is 0.223 e. The summed E-state index contributed by atoms with van der Waals surface area (Å²) >= 11 is 0. The molecule has 0 saturated heterocycles. The van der Waals surface area contributed by atoms with E-state index in [0.29, 0.717) is 24.4 Å². The first-order chi connectivity index (χ1) is 7.65. The highest BCUT2D eigenvalue weighted by Crippen LogP contribution is 2.21. The van der Waals surface area contributed by atoms with Gasteiger partial charge in [0.05, 0.1) is 12.7 Å². The van der Waals surface area contributed by atoms with E-state index in [-0.39, 0.29) is 0 Å². The molecule has 5 nitrogen and oxygen atoms in total. The van der Waals surface area contributed by atoms with Gasteiger partial charge in [-0.3, -0.25) is 0 Å². The normalized spacial score (nSPS) is 10.6. The van der Waals surface area contributed by atoms with Gasteiger partial charge in [-0.2, -0.15) is 0 Å². The Morgan fingerprint density at radius 3 is 2.62 bits per heavy atom. The van der Waals surface area contributed by atoms with E-state index < -0.39 is 0 Å². The van der Waals surface area contributed by atoms with E-state index in [4.69, 9.17) is 9.47 Å². The van der Waals surface area contributed by atoms with Crippen molar-refractivity contribution in [3.63, 3.8) is 0 Å². The molecular formula is C11H19N3O2. The molecule has 0 amide bonds. The molecule has 0 aliphatic heterocycles. The fraction of sp³-hybridized carbons (Fsp3) is 0.636.